The Morgan fingerprint density at radius 3 is 3.45 bits per heavy atom. The summed E-state index contributed by atoms with van der Waals surface area (Å²) in [6, 6.07) is 0.182. The first-order valence-corrected chi connectivity index (χ1v) is 3.65. The topological polar surface area (TPSA) is 38.3 Å². The molecule has 1 unspecified atom stereocenters. The molecule has 1 heterocycles. The minimum absolute atomic E-state index is 0.182. The van der Waals surface area contributed by atoms with Gasteiger partial charge in [0.25, 0.3) is 0 Å². The molecule has 1 saturated heterocycles. The van der Waals surface area contributed by atoms with Crippen molar-refractivity contribution in [3.8, 4) is 0 Å². The third-order valence-corrected chi connectivity index (χ3v) is 1.93. The van der Waals surface area contributed by atoms with E-state index in [-0.39, 0.29) is 12.1 Å². The molecule has 11 heavy (non-hydrogen) atoms. The number of carbonyl (C=O) groups is 1. The summed E-state index contributed by atoms with van der Waals surface area (Å²) in [5, 5.41) is 2.74. The van der Waals surface area contributed by atoms with E-state index < -0.39 is 0 Å². The highest BCUT2D eigenvalue weighted by Gasteiger charge is 2.23. The second-order valence-electron chi connectivity index (χ2n) is 2.68. The fraction of sp³-hybridized carbons (Fsp3) is 0.375. The van der Waals surface area contributed by atoms with Crippen LogP contribution >= 0.6 is 0 Å². The number of hydrogen-bond acceptors (Lipinski definition) is 2. The summed E-state index contributed by atoms with van der Waals surface area (Å²) in [6.07, 6.45) is 6.61. The molecule has 0 radical (unpaired) electrons. The van der Waals surface area contributed by atoms with Crippen molar-refractivity contribution in [2.45, 2.75) is 12.5 Å². The lowest BCUT2D eigenvalue weighted by molar-refractivity contribution is 0.137. The van der Waals surface area contributed by atoms with Crippen LogP contribution in [0.5, 0.6) is 0 Å². The van der Waals surface area contributed by atoms with E-state index in [0.29, 0.717) is 6.61 Å². The van der Waals surface area contributed by atoms with Gasteiger partial charge < -0.3 is 10.1 Å². The van der Waals surface area contributed by atoms with Crippen LogP contribution in [0.1, 0.15) is 6.42 Å². The van der Waals surface area contributed by atoms with Gasteiger partial charge in [-0.25, -0.2) is 4.79 Å². The van der Waals surface area contributed by atoms with Crippen molar-refractivity contribution in [1.29, 1.82) is 0 Å². The standard InChI is InChI=1S/C8H9NO2/c10-8-9-7-4-2-1-3-6(7)5-11-8/h1-3,7H,4-5H2,(H,9,10). The van der Waals surface area contributed by atoms with E-state index in [2.05, 4.69) is 5.32 Å². The van der Waals surface area contributed by atoms with E-state index in [1.54, 1.807) is 0 Å². The Labute approximate surface area is 64.7 Å². The zero-order chi connectivity index (χ0) is 7.68. The van der Waals surface area contributed by atoms with Gasteiger partial charge in [0.1, 0.15) is 6.61 Å². The Morgan fingerprint density at radius 1 is 1.64 bits per heavy atom. The van der Waals surface area contributed by atoms with E-state index in [1.165, 1.54) is 0 Å². The van der Waals surface area contributed by atoms with E-state index in [9.17, 15) is 4.79 Å². The quantitative estimate of drug-likeness (QED) is 0.560. The van der Waals surface area contributed by atoms with Gasteiger partial charge in [0, 0.05) is 0 Å². The number of fused-ring (bicyclic) bond motifs is 1. The number of alkyl carbamates (subject to hydrolysis) is 1. The number of cyclic esters (lactones) is 1. The van der Waals surface area contributed by atoms with Gasteiger partial charge in [0.2, 0.25) is 0 Å². The third kappa shape index (κ3) is 1.13. The van der Waals surface area contributed by atoms with Crippen molar-refractivity contribution >= 4 is 6.09 Å². The molecule has 0 aromatic carbocycles. The van der Waals surface area contributed by atoms with Crippen LogP contribution in [0, 0.1) is 0 Å². The van der Waals surface area contributed by atoms with Crippen molar-refractivity contribution in [2.24, 2.45) is 0 Å². The maximum atomic E-state index is 10.7. The van der Waals surface area contributed by atoms with Crippen LogP contribution in [0.15, 0.2) is 23.8 Å². The van der Waals surface area contributed by atoms with Crippen LogP contribution in [0.4, 0.5) is 4.79 Å². The van der Waals surface area contributed by atoms with Crippen LogP contribution in [0.25, 0.3) is 0 Å². The van der Waals surface area contributed by atoms with Crippen LogP contribution in [-0.4, -0.2) is 18.7 Å². The smallest absolute Gasteiger partial charge is 0.407 e. The molecule has 1 N–H and O–H groups in total. The molecule has 0 spiro atoms. The number of carbonyl (C=O) groups excluding carboxylic acids is 1. The molecule has 1 fully saturated rings. The molecule has 0 aromatic rings. The lowest BCUT2D eigenvalue weighted by Crippen LogP contribution is -2.43. The fourth-order valence-corrected chi connectivity index (χ4v) is 1.31. The Hall–Kier alpha value is -1.25. The lowest BCUT2D eigenvalue weighted by Gasteiger charge is -2.26. The van der Waals surface area contributed by atoms with Crippen LogP contribution in [-0.2, 0) is 4.74 Å². The maximum absolute atomic E-state index is 10.7. The average molecular weight is 151 g/mol. The van der Waals surface area contributed by atoms with E-state index >= 15 is 0 Å². The molecule has 1 amide bonds. The second kappa shape index (κ2) is 2.42. The normalized spacial score (nSPS) is 28.2. The molecular weight excluding hydrogens is 142 g/mol. The average Bonchev–Trinajstić information content (AvgIpc) is 2.04. The highest BCUT2D eigenvalue weighted by atomic mass is 16.6. The molecule has 58 valence electrons. The Balaban J connectivity index is 2.16. The third-order valence-electron chi connectivity index (χ3n) is 1.93. The molecule has 0 saturated carbocycles. The highest BCUT2D eigenvalue weighted by molar-refractivity contribution is 5.70. The van der Waals surface area contributed by atoms with E-state index in [4.69, 9.17) is 4.74 Å². The summed E-state index contributed by atoms with van der Waals surface area (Å²) in [7, 11) is 0. The van der Waals surface area contributed by atoms with Gasteiger partial charge in [-0.2, -0.15) is 0 Å². The summed E-state index contributed by atoms with van der Waals surface area (Å²) >= 11 is 0. The summed E-state index contributed by atoms with van der Waals surface area (Å²) < 4.78 is 4.80. The summed E-state index contributed by atoms with van der Waals surface area (Å²) in [5.41, 5.74) is 1.16. The number of allylic oxidation sites excluding steroid dienone is 2. The zero-order valence-corrected chi connectivity index (χ0v) is 6.04. The molecule has 2 rings (SSSR count). The lowest BCUT2D eigenvalue weighted by atomic mass is 9.99. The molecule has 3 nitrogen and oxygen atoms in total. The molecule has 1 atom stereocenters. The first-order valence-electron chi connectivity index (χ1n) is 3.65. The second-order valence-corrected chi connectivity index (χ2v) is 2.68. The zero-order valence-electron chi connectivity index (χ0n) is 6.04. The predicted molar refractivity (Wildman–Crippen MR) is 40.1 cm³/mol. The molecule has 1 aliphatic carbocycles. The van der Waals surface area contributed by atoms with Gasteiger partial charge in [-0.3, -0.25) is 0 Å². The number of amides is 1. The highest BCUT2D eigenvalue weighted by Crippen LogP contribution is 2.16. The van der Waals surface area contributed by atoms with Crippen molar-refractivity contribution in [2.75, 3.05) is 6.61 Å². The molecule has 3 heteroatoms. The van der Waals surface area contributed by atoms with Crippen LogP contribution in [0.3, 0.4) is 0 Å². The molecule has 1 aliphatic heterocycles. The van der Waals surface area contributed by atoms with Crippen LogP contribution in [0.2, 0.25) is 0 Å². The first kappa shape index (κ1) is 6.46. The van der Waals surface area contributed by atoms with E-state index in [0.717, 1.165) is 12.0 Å². The van der Waals surface area contributed by atoms with Gasteiger partial charge in [-0.05, 0) is 12.0 Å². The number of nitrogens with one attached hydrogen (secondary N) is 1. The maximum Gasteiger partial charge on any atom is 0.407 e. The SMILES string of the molecule is O=C1NC2CC=CC=C2CO1. The summed E-state index contributed by atoms with van der Waals surface area (Å²) in [5.74, 6) is 0. The molecular formula is C8H9NO2. The summed E-state index contributed by atoms with van der Waals surface area (Å²) in [6.45, 7) is 0.445. The monoisotopic (exact) mass is 151 g/mol. The first-order chi connectivity index (χ1) is 5.36. The van der Waals surface area contributed by atoms with Gasteiger partial charge in [0.05, 0.1) is 6.04 Å². The largest absolute Gasteiger partial charge is 0.445 e. The van der Waals surface area contributed by atoms with Crippen LogP contribution < -0.4 is 5.32 Å². The minimum Gasteiger partial charge on any atom is -0.445 e. The fourth-order valence-electron chi connectivity index (χ4n) is 1.31. The van der Waals surface area contributed by atoms with Crippen molar-refractivity contribution in [3.63, 3.8) is 0 Å². The number of ether oxygens (including phenoxy) is 1. The number of rotatable bonds is 0. The predicted octanol–water partition coefficient (Wildman–Crippen LogP) is 0.981. The molecule has 0 aromatic heterocycles. The Morgan fingerprint density at radius 2 is 2.55 bits per heavy atom. The van der Waals surface area contributed by atoms with Crippen molar-refractivity contribution in [3.05, 3.63) is 23.8 Å². The molecule has 2 aliphatic rings. The van der Waals surface area contributed by atoms with Gasteiger partial charge in [-0.1, -0.05) is 18.2 Å². The minimum atomic E-state index is -0.303. The van der Waals surface area contributed by atoms with Gasteiger partial charge in [-0.15, -0.1) is 0 Å². The van der Waals surface area contributed by atoms with Gasteiger partial charge in [0.15, 0.2) is 0 Å². The summed E-state index contributed by atoms with van der Waals surface area (Å²) in [4.78, 5) is 10.7. The van der Waals surface area contributed by atoms with Gasteiger partial charge >= 0.3 is 6.09 Å². The Bertz CT molecular complexity index is 242. The van der Waals surface area contributed by atoms with Crippen molar-refractivity contribution < 1.29 is 9.53 Å². The van der Waals surface area contributed by atoms with E-state index in [1.807, 2.05) is 18.2 Å². The number of hydrogen-bond donors (Lipinski definition) is 1. The Kier molecular flexibility index (Phi) is 1.42. The van der Waals surface area contributed by atoms with Crippen molar-refractivity contribution in [1.82, 2.24) is 5.32 Å². The molecule has 0 bridgehead atoms.